The molecule has 184 valence electrons. The second kappa shape index (κ2) is 10.8. The fourth-order valence-electron chi connectivity index (χ4n) is 4.79. The zero-order chi connectivity index (χ0) is 25.8. The van der Waals surface area contributed by atoms with Gasteiger partial charge in [0.15, 0.2) is 0 Å². The Labute approximate surface area is 207 Å². The van der Waals surface area contributed by atoms with E-state index in [-0.39, 0.29) is 12.4 Å². The summed E-state index contributed by atoms with van der Waals surface area (Å²) in [6, 6.07) is 13.2. The van der Waals surface area contributed by atoms with Crippen molar-refractivity contribution < 1.29 is 23.1 Å². The largest absolute Gasteiger partial charge is 0.542 e. The average molecular weight is 493 g/mol. The van der Waals surface area contributed by atoms with Gasteiger partial charge >= 0.3 is 11.8 Å². The van der Waals surface area contributed by atoms with Gasteiger partial charge < -0.3 is 18.3 Å². The molecule has 0 spiro atoms. The summed E-state index contributed by atoms with van der Waals surface area (Å²) in [6.07, 6.45) is 4.72. The molecule has 0 radical (unpaired) electrons. The molecule has 0 aliphatic heterocycles. The van der Waals surface area contributed by atoms with Crippen LogP contribution in [-0.2, 0) is 11.3 Å². The number of ether oxygens (including phenoxy) is 2. The molecule has 0 saturated carbocycles. The lowest BCUT2D eigenvalue weighted by molar-refractivity contribution is 0.0923. The van der Waals surface area contributed by atoms with Crippen molar-refractivity contribution in [2.75, 3.05) is 0 Å². The van der Waals surface area contributed by atoms with Gasteiger partial charge in [0, 0.05) is 28.6 Å². The molecule has 0 saturated heterocycles. The molecule has 0 N–H and O–H groups in total. The highest BCUT2D eigenvalue weighted by molar-refractivity contribution is 6.78. The van der Waals surface area contributed by atoms with E-state index in [1.165, 1.54) is 12.1 Å². The molecule has 1 heterocycles. The summed E-state index contributed by atoms with van der Waals surface area (Å²) in [5, 5.41) is 0.714. The first-order valence-corrected chi connectivity index (χ1v) is 13.9. The van der Waals surface area contributed by atoms with Crippen molar-refractivity contribution in [2.24, 2.45) is 0 Å². The van der Waals surface area contributed by atoms with Gasteiger partial charge in [0.05, 0.1) is 0 Å². The first-order valence-electron chi connectivity index (χ1n) is 11.7. The van der Waals surface area contributed by atoms with Crippen LogP contribution in [0.4, 0.5) is 4.79 Å². The molecule has 3 aromatic rings. The molecule has 2 aromatic carbocycles. The summed E-state index contributed by atoms with van der Waals surface area (Å²) in [4.78, 5) is 23.9. The SMILES string of the molecule is C#Cc1ccc(O[Si](C(C)C)(C(C)C)C(C)C)c(COC(=O)Oc2ccc3ccc(=O)oc3c2)c1. The van der Waals surface area contributed by atoms with Crippen molar-refractivity contribution in [1.29, 1.82) is 0 Å². The highest BCUT2D eigenvalue weighted by Gasteiger charge is 2.47. The molecule has 1 aromatic heterocycles. The minimum absolute atomic E-state index is 0.0644. The Bertz CT molecular complexity index is 1280. The second-order valence-electron chi connectivity index (χ2n) is 9.48. The van der Waals surface area contributed by atoms with E-state index in [0.717, 1.165) is 0 Å². The smallest absolute Gasteiger partial charge is 0.514 e. The Morgan fingerprint density at radius 3 is 2.26 bits per heavy atom. The number of terminal acetylenes is 1. The number of fused-ring (bicyclic) bond motifs is 1. The van der Waals surface area contributed by atoms with Gasteiger partial charge in [0.25, 0.3) is 8.32 Å². The van der Waals surface area contributed by atoms with E-state index in [9.17, 15) is 9.59 Å². The monoisotopic (exact) mass is 492 g/mol. The highest BCUT2D eigenvalue weighted by atomic mass is 28.4. The number of hydrogen-bond donors (Lipinski definition) is 0. The van der Waals surface area contributed by atoms with E-state index in [1.807, 2.05) is 12.1 Å². The van der Waals surface area contributed by atoms with E-state index in [2.05, 4.69) is 47.5 Å². The van der Waals surface area contributed by atoms with Crippen LogP contribution in [0.1, 0.15) is 52.7 Å². The Morgan fingerprint density at radius 2 is 1.63 bits per heavy atom. The molecular formula is C28H32O6Si. The quantitative estimate of drug-likeness (QED) is 0.110. The van der Waals surface area contributed by atoms with Gasteiger partial charge in [-0.3, -0.25) is 0 Å². The first-order chi connectivity index (χ1) is 16.6. The van der Waals surface area contributed by atoms with Crippen LogP contribution in [0.3, 0.4) is 0 Å². The fourth-order valence-corrected chi connectivity index (χ4v) is 10.1. The number of carbonyl (C=O) groups is 1. The third-order valence-electron chi connectivity index (χ3n) is 6.36. The highest BCUT2D eigenvalue weighted by Crippen LogP contribution is 2.43. The summed E-state index contributed by atoms with van der Waals surface area (Å²) in [5.41, 5.74) is 2.31. The first kappa shape index (κ1) is 26.1. The van der Waals surface area contributed by atoms with Gasteiger partial charge in [-0.1, -0.05) is 47.5 Å². The maximum Gasteiger partial charge on any atom is 0.514 e. The molecule has 0 unspecified atom stereocenters. The van der Waals surface area contributed by atoms with Crippen LogP contribution >= 0.6 is 0 Å². The van der Waals surface area contributed by atoms with E-state index < -0.39 is 20.1 Å². The van der Waals surface area contributed by atoms with Gasteiger partial charge in [-0.2, -0.15) is 0 Å². The predicted octanol–water partition coefficient (Wildman–Crippen LogP) is 7.04. The molecule has 6 nitrogen and oxygen atoms in total. The average Bonchev–Trinajstić information content (AvgIpc) is 2.80. The second-order valence-corrected chi connectivity index (χ2v) is 14.9. The van der Waals surface area contributed by atoms with Crippen molar-refractivity contribution >= 4 is 25.4 Å². The van der Waals surface area contributed by atoms with Gasteiger partial charge in [0.2, 0.25) is 0 Å². The summed E-state index contributed by atoms with van der Waals surface area (Å²) in [5.74, 6) is 3.50. The van der Waals surface area contributed by atoms with Crippen LogP contribution in [0.15, 0.2) is 57.7 Å². The molecule has 0 aliphatic rings. The number of hydrogen-bond acceptors (Lipinski definition) is 6. The lowest BCUT2D eigenvalue weighted by Crippen LogP contribution is -2.50. The predicted molar refractivity (Wildman–Crippen MR) is 139 cm³/mol. The molecule has 0 bridgehead atoms. The Morgan fingerprint density at radius 1 is 0.971 bits per heavy atom. The number of carbonyl (C=O) groups excluding carboxylic acids is 1. The third kappa shape index (κ3) is 5.77. The summed E-state index contributed by atoms with van der Waals surface area (Å²) < 4.78 is 22.7. The van der Waals surface area contributed by atoms with Gasteiger partial charge in [-0.25, -0.2) is 9.59 Å². The molecule has 0 aliphatic carbocycles. The standard InChI is InChI=1S/C28H32O6Si/c1-8-21-9-13-25(34-35(18(2)3,19(4)5)20(6)7)23(15-21)17-31-28(30)32-24-12-10-22-11-14-27(29)33-26(22)16-24/h1,9-16,18-20H,17H2,2-7H3. The van der Waals surface area contributed by atoms with Crippen LogP contribution in [0.2, 0.25) is 16.6 Å². The summed E-state index contributed by atoms with van der Waals surface area (Å²) >= 11 is 0. The lowest BCUT2D eigenvalue weighted by atomic mass is 10.1. The molecule has 7 heteroatoms. The van der Waals surface area contributed by atoms with Crippen molar-refractivity contribution in [3.05, 3.63) is 70.1 Å². The van der Waals surface area contributed by atoms with Crippen molar-refractivity contribution in [2.45, 2.75) is 64.8 Å². The summed E-state index contributed by atoms with van der Waals surface area (Å²) in [6.45, 7) is 13.2. The fraction of sp³-hybridized carbons (Fsp3) is 0.357. The van der Waals surface area contributed by atoms with Crippen LogP contribution in [-0.4, -0.2) is 14.5 Å². The van der Waals surface area contributed by atoms with E-state index in [1.54, 1.807) is 24.3 Å². The van der Waals surface area contributed by atoms with Gasteiger partial charge in [-0.15, -0.1) is 6.42 Å². The van der Waals surface area contributed by atoms with Crippen LogP contribution < -0.4 is 14.8 Å². The number of rotatable bonds is 8. The maximum absolute atomic E-state index is 12.5. The van der Waals surface area contributed by atoms with Crippen LogP contribution in [0, 0.1) is 12.3 Å². The van der Waals surface area contributed by atoms with Gasteiger partial charge in [0.1, 0.15) is 23.7 Å². The van der Waals surface area contributed by atoms with E-state index in [4.69, 9.17) is 24.7 Å². The lowest BCUT2D eigenvalue weighted by Gasteiger charge is -2.42. The molecule has 0 amide bonds. The molecule has 35 heavy (non-hydrogen) atoms. The number of benzene rings is 2. The molecule has 0 fully saturated rings. The van der Waals surface area contributed by atoms with Gasteiger partial charge in [-0.05, 0) is 53.0 Å². The molecule has 3 rings (SSSR count). The maximum atomic E-state index is 12.5. The topological polar surface area (TPSA) is 75.0 Å². The van der Waals surface area contributed by atoms with E-state index >= 15 is 0 Å². The zero-order valence-electron chi connectivity index (χ0n) is 21.1. The Hall–Kier alpha value is -3.50. The third-order valence-corrected chi connectivity index (χ3v) is 12.3. The summed E-state index contributed by atoms with van der Waals surface area (Å²) in [7, 11) is -2.23. The minimum Gasteiger partial charge on any atom is -0.542 e. The van der Waals surface area contributed by atoms with E-state index in [0.29, 0.717) is 44.5 Å². The zero-order valence-corrected chi connectivity index (χ0v) is 22.1. The molecular weight excluding hydrogens is 460 g/mol. The van der Waals surface area contributed by atoms with Crippen LogP contribution in [0.25, 0.3) is 11.0 Å². The van der Waals surface area contributed by atoms with Crippen molar-refractivity contribution in [3.63, 3.8) is 0 Å². The van der Waals surface area contributed by atoms with Crippen molar-refractivity contribution in [1.82, 2.24) is 0 Å². The molecule has 0 atom stereocenters. The van der Waals surface area contributed by atoms with Crippen LogP contribution in [0.5, 0.6) is 11.5 Å². The Kier molecular flexibility index (Phi) is 8.08. The van der Waals surface area contributed by atoms with Crippen molar-refractivity contribution in [3.8, 4) is 23.8 Å². The Balaban J connectivity index is 1.81. The normalized spacial score (nSPS) is 11.7. The minimum atomic E-state index is -2.23.